The molecule has 0 aromatic carbocycles. The zero-order valence-electron chi connectivity index (χ0n) is 6.59. The van der Waals surface area contributed by atoms with Gasteiger partial charge in [-0.25, -0.2) is 0 Å². The molecule has 0 saturated carbocycles. The van der Waals surface area contributed by atoms with Crippen molar-refractivity contribution in [1.82, 2.24) is 9.80 Å². The van der Waals surface area contributed by atoms with Gasteiger partial charge < -0.3 is 0 Å². The second kappa shape index (κ2) is 2.67. The molecule has 0 N–H and O–H groups in total. The van der Waals surface area contributed by atoms with Crippen molar-refractivity contribution in [2.45, 2.75) is 20.0 Å². The van der Waals surface area contributed by atoms with Gasteiger partial charge in [0.25, 0.3) is 0 Å². The van der Waals surface area contributed by atoms with Crippen LogP contribution in [0.3, 0.4) is 0 Å². The number of rotatable bonds is 1. The molecule has 1 fully saturated rings. The highest BCUT2D eigenvalue weighted by atomic mass is 15.4. The van der Waals surface area contributed by atoms with E-state index < -0.39 is 0 Å². The summed E-state index contributed by atoms with van der Waals surface area (Å²) in [5, 5.41) is 0. The predicted molar refractivity (Wildman–Crippen MR) is 39.3 cm³/mol. The van der Waals surface area contributed by atoms with E-state index in [1.807, 2.05) is 0 Å². The molecule has 0 bridgehead atoms. The van der Waals surface area contributed by atoms with E-state index in [1.165, 1.54) is 19.6 Å². The number of hydrogen-bond acceptors (Lipinski definition) is 2. The van der Waals surface area contributed by atoms with Crippen LogP contribution in [0.5, 0.6) is 0 Å². The quantitative estimate of drug-likeness (QED) is 0.510. The molecule has 1 aliphatic heterocycles. The van der Waals surface area contributed by atoms with E-state index in [0.717, 1.165) is 0 Å². The molecule has 1 heterocycles. The average Bonchev–Trinajstić information content (AvgIpc) is 2.15. The smallest absolute Gasteiger partial charge is 0.0591 e. The Kier molecular flexibility index (Phi) is 2.09. The molecule has 0 radical (unpaired) electrons. The fraction of sp³-hybridized carbons (Fsp3) is 1.00. The molecule has 2 nitrogen and oxygen atoms in total. The summed E-state index contributed by atoms with van der Waals surface area (Å²) in [6.45, 7) is 8.14. The molecule has 0 aliphatic carbocycles. The minimum atomic E-state index is 0.662. The first-order chi connectivity index (χ1) is 4.25. The molecule has 1 rings (SSSR count). The Bertz CT molecular complexity index is 92.9. The third-order valence-electron chi connectivity index (χ3n) is 2.31. The molecule has 9 heavy (non-hydrogen) atoms. The third kappa shape index (κ3) is 1.25. The van der Waals surface area contributed by atoms with Crippen molar-refractivity contribution in [1.29, 1.82) is 0 Å². The largest absolute Gasteiger partial charge is 0.290 e. The summed E-state index contributed by atoms with van der Waals surface area (Å²) >= 11 is 0. The fourth-order valence-corrected chi connectivity index (χ4v) is 1.36. The van der Waals surface area contributed by atoms with Gasteiger partial charge in [0.15, 0.2) is 0 Å². The molecule has 0 aromatic heterocycles. The van der Waals surface area contributed by atoms with Gasteiger partial charge in [0, 0.05) is 13.1 Å². The SMILES string of the molecule is CCN1CCN(C)C1C. The molecule has 2 heteroatoms. The van der Waals surface area contributed by atoms with Crippen LogP contribution in [0.1, 0.15) is 13.8 Å². The highest BCUT2D eigenvalue weighted by Crippen LogP contribution is 2.09. The van der Waals surface area contributed by atoms with Gasteiger partial charge in [-0.05, 0) is 20.5 Å². The van der Waals surface area contributed by atoms with E-state index in [0.29, 0.717) is 6.17 Å². The zero-order valence-corrected chi connectivity index (χ0v) is 6.59. The zero-order chi connectivity index (χ0) is 6.85. The Balaban J connectivity index is 2.41. The lowest BCUT2D eigenvalue weighted by molar-refractivity contribution is 0.184. The highest BCUT2D eigenvalue weighted by molar-refractivity contribution is 4.74. The number of hydrogen-bond donors (Lipinski definition) is 0. The highest BCUT2D eigenvalue weighted by Gasteiger charge is 2.22. The Morgan fingerprint density at radius 3 is 2.33 bits per heavy atom. The topological polar surface area (TPSA) is 6.48 Å². The Morgan fingerprint density at radius 1 is 1.44 bits per heavy atom. The summed E-state index contributed by atoms with van der Waals surface area (Å²) in [6.07, 6.45) is 0.662. The third-order valence-corrected chi connectivity index (χ3v) is 2.31. The van der Waals surface area contributed by atoms with Gasteiger partial charge in [-0.3, -0.25) is 9.80 Å². The summed E-state index contributed by atoms with van der Waals surface area (Å²) < 4.78 is 0. The molecule has 54 valence electrons. The van der Waals surface area contributed by atoms with E-state index >= 15 is 0 Å². The van der Waals surface area contributed by atoms with E-state index in [1.54, 1.807) is 0 Å². The van der Waals surface area contributed by atoms with Crippen LogP contribution in [0.2, 0.25) is 0 Å². The van der Waals surface area contributed by atoms with Gasteiger partial charge in [0.05, 0.1) is 6.17 Å². The average molecular weight is 128 g/mol. The second-order valence-electron chi connectivity index (χ2n) is 2.74. The molecule has 1 saturated heterocycles. The minimum Gasteiger partial charge on any atom is -0.290 e. The van der Waals surface area contributed by atoms with E-state index in [-0.39, 0.29) is 0 Å². The first-order valence-electron chi connectivity index (χ1n) is 3.70. The first kappa shape index (κ1) is 7.03. The molecule has 1 aliphatic rings. The van der Waals surface area contributed by atoms with Crippen LogP contribution >= 0.6 is 0 Å². The molecule has 0 aromatic rings. The maximum absolute atomic E-state index is 2.47. The molecule has 0 amide bonds. The van der Waals surface area contributed by atoms with Crippen LogP contribution in [0, 0.1) is 0 Å². The Labute approximate surface area is 57.4 Å². The van der Waals surface area contributed by atoms with Crippen LogP contribution in [-0.2, 0) is 0 Å². The number of likely N-dealkylation sites (N-methyl/N-ethyl adjacent to an activating group) is 2. The van der Waals surface area contributed by atoms with E-state index in [9.17, 15) is 0 Å². The Morgan fingerprint density at radius 2 is 2.11 bits per heavy atom. The standard InChI is InChI=1S/C7H16N2/c1-4-9-6-5-8(3)7(9)2/h7H,4-6H2,1-3H3. The molecule has 1 unspecified atom stereocenters. The van der Waals surface area contributed by atoms with Crippen molar-refractivity contribution >= 4 is 0 Å². The van der Waals surface area contributed by atoms with Gasteiger partial charge in [-0.15, -0.1) is 0 Å². The molecular formula is C7H16N2. The molecule has 1 atom stereocenters. The van der Waals surface area contributed by atoms with Crippen molar-refractivity contribution in [2.75, 3.05) is 26.7 Å². The Hall–Kier alpha value is -0.0800. The molecular weight excluding hydrogens is 112 g/mol. The van der Waals surface area contributed by atoms with Crippen LogP contribution in [0.4, 0.5) is 0 Å². The lowest BCUT2D eigenvalue weighted by atomic mass is 10.5. The normalized spacial score (nSPS) is 31.7. The van der Waals surface area contributed by atoms with Crippen LogP contribution in [-0.4, -0.2) is 42.6 Å². The summed E-state index contributed by atoms with van der Waals surface area (Å²) in [6, 6.07) is 0. The minimum absolute atomic E-state index is 0.662. The number of nitrogens with zero attached hydrogens (tertiary/aromatic N) is 2. The summed E-state index contributed by atoms with van der Waals surface area (Å²) in [5.74, 6) is 0. The predicted octanol–water partition coefficient (Wildman–Crippen LogP) is 0.600. The van der Waals surface area contributed by atoms with Crippen LogP contribution in [0.25, 0.3) is 0 Å². The van der Waals surface area contributed by atoms with Crippen molar-refractivity contribution in [3.63, 3.8) is 0 Å². The summed E-state index contributed by atoms with van der Waals surface area (Å²) in [4.78, 5) is 4.85. The monoisotopic (exact) mass is 128 g/mol. The lowest BCUT2D eigenvalue weighted by Crippen LogP contribution is -2.33. The van der Waals surface area contributed by atoms with Crippen molar-refractivity contribution in [2.24, 2.45) is 0 Å². The summed E-state index contributed by atoms with van der Waals surface area (Å²) in [7, 11) is 2.18. The maximum atomic E-state index is 2.47. The van der Waals surface area contributed by atoms with Gasteiger partial charge >= 0.3 is 0 Å². The van der Waals surface area contributed by atoms with Crippen LogP contribution in [0.15, 0.2) is 0 Å². The van der Waals surface area contributed by atoms with Gasteiger partial charge in [0.2, 0.25) is 0 Å². The fourth-order valence-electron chi connectivity index (χ4n) is 1.36. The van der Waals surface area contributed by atoms with Gasteiger partial charge in [-0.1, -0.05) is 6.92 Å². The van der Waals surface area contributed by atoms with E-state index in [4.69, 9.17) is 0 Å². The van der Waals surface area contributed by atoms with E-state index in [2.05, 4.69) is 30.7 Å². The lowest BCUT2D eigenvalue weighted by Gasteiger charge is -2.22. The van der Waals surface area contributed by atoms with Gasteiger partial charge in [-0.2, -0.15) is 0 Å². The second-order valence-corrected chi connectivity index (χ2v) is 2.74. The van der Waals surface area contributed by atoms with Crippen LogP contribution < -0.4 is 0 Å². The maximum Gasteiger partial charge on any atom is 0.0591 e. The molecule has 0 spiro atoms. The van der Waals surface area contributed by atoms with Crippen molar-refractivity contribution in [3.8, 4) is 0 Å². The van der Waals surface area contributed by atoms with Gasteiger partial charge in [0.1, 0.15) is 0 Å². The summed E-state index contributed by atoms with van der Waals surface area (Å²) in [5.41, 5.74) is 0. The van der Waals surface area contributed by atoms with Crippen molar-refractivity contribution < 1.29 is 0 Å². The first-order valence-corrected chi connectivity index (χ1v) is 3.70. The van der Waals surface area contributed by atoms with Crippen molar-refractivity contribution in [3.05, 3.63) is 0 Å².